The molecule has 0 aromatic carbocycles. The predicted octanol–water partition coefficient (Wildman–Crippen LogP) is 3.14. The van der Waals surface area contributed by atoms with Crippen LogP contribution in [0.25, 0.3) is 11.5 Å². The Morgan fingerprint density at radius 1 is 1.30 bits per heavy atom. The Labute approximate surface area is 125 Å². The molecule has 3 rings (SSSR count). The molecular weight excluding hydrogens is 294 g/mol. The monoisotopic (exact) mass is 309 g/mol. The molecule has 2 aromatic heterocycles. The molecule has 0 radical (unpaired) electrons. The van der Waals surface area contributed by atoms with Crippen molar-refractivity contribution in [1.82, 2.24) is 15.1 Å². The standard InChI is InChI=1S/C13H15N3O2S2/c1-7-8(2)20-11(6-19-7)12-15-13(18-16-12)9-3-10(17)5-14-4-9/h3-5,7-8,11,17H,6H2,1-2H3. The summed E-state index contributed by atoms with van der Waals surface area (Å²) >= 11 is 3.83. The minimum absolute atomic E-state index is 0.0901. The molecule has 106 valence electrons. The Morgan fingerprint density at radius 3 is 2.90 bits per heavy atom. The van der Waals surface area contributed by atoms with Crippen LogP contribution in [0.2, 0.25) is 0 Å². The summed E-state index contributed by atoms with van der Waals surface area (Å²) in [6.45, 7) is 4.48. The Hall–Kier alpha value is -1.21. The lowest BCUT2D eigenvalue weighted by Gasteiger charge is -2.29. The fourth-order valence-electron chi connectivity index (χ4n) is 1.95. The molecule has 0 aliphatic carbocycles. The molecule has 1 saturated heterocycles. The third kappa shape index (κ3) is 2.78. The lowest BCUT2D eigenvalue weighted by molar-refractivity contribution is 0.422. The van der Waals surface area contributed by atoms with Crippen molar-refractivity contribution in [3.05, 3.63) is 24.3 Å². The summed E-state index contributed by atoms with van der Waals surface area (Å²) in [6, 6.07) is 1.57. The van der Waals surface area contributed by atoms with Crippen LogP contribution >= 0.6 is 23.5 Å². The first-order valence-electron chi connectivity index (χ1n) is 6.38. The average Bonchev–Trinajstić information content (AvgIpc) is 2.92. The molecule has 7 heteroatoms. The topological polar surface area (TPSA) is 72.0 Å². The van der Waals surface area contributed by atoms with Gasteiger partial charge >= 0.3 is 0 Å². The Balaban J connectivity index is 1.80. The summed E-state index contributed by atoms with van der Waals surface area (Å²) in [7, 11) is 0. The van der Waals surface area contributed by atoms with Gasteiger partial charge < -0.3 is 9.63 Å². The summed E-state index contributed by atoms with van der Waals surface area (Å²) in [5, 5.41) is 15.0. The van der Waals surface area contributed by atoms with Crippen LogP contribution < -0.4 is 0 Å². The highest BCUT2D eigenvalue weighted by molar-refractivity contribution is 8.07. The van der Waals surface area contributed by atoms with Gasteiger partial charge in [0.05, 0.1) is 17.0 Å². The Morgan fingerprint density at radius 2 is 2.15 bits per heavy atom. The second-order valence-electron chi connectivity index (χ2n) is 4.76. The lowest BCUT2D eigenvalue weighted by Crippen LogP contribution is -2.22. The van der Waals surface area contributed by atoms with Crippen molar-refractivity contribution in [3.8, 4) is 17.2 Å². The third-order valence-electron chi connectivity index (χ3n) is 3.25. The van der Waals surface area contributed by atoms with Crippen LogP contribution in [0, 0.1) is 0 Å². The van der Waals surface area contributed by atoms with Gasteiger partial charge in [-0.3, -0.25) is 4.98 Å². The molecule has 1 aliphatic rings. The van der Waals surface area contributed by atoms with E-state index in [4.69, 9.17) is 4.52 Å². The van der Waals surface area contributed by atoms with Crippen molar-refractivity contribution < 1.29 is 9.63 Å². The normalized spacial score (nSPS) is 26.6. The first-order chi connectivity index (χ1) is 9.63. The zero-order valence-electron chi connectivity index (χ0n) is 11.2. The Bertz CT molecular complexity index is 605. The molecule has 2 aromatic rings. The Kier molecular flexibility index (Phi) is 3.89. The highest BCUT2D eigenvalue weighted by Gasteiger charge is 2.30. The van der Waals surface area contributed by atoms with Crippen LogP contribution in [0.5, 0.6) is 5.75 Å². The molecule has 0 amide bonds. The molecule has 1 fully saturated rings. The highest BCUT2D eigenvalue weighted by Crippen LogP contribution is 2.43. The number of aromatic nitrogens is 3. The third-order valence-corrected chi connectivity index (χ3v) is 6.64. The van der Waals surface area contributed by atoms with Crippen molar-refractivity contribution in [2.24, 2.45) is 0 Å². The van der Waals surface area contributed by atoms with Crippen molar-refractivity contribution in [2.45, 2.75) is 29.6 Å². The molecule has 0 spiro atoms. The van der Waals surface area contributed by atoms with Crippen LogP contribution in [0.4, 0.5) is 0 Å². The van der Waals surface area contributed by atoms with Crippen LogP contribution in [-0.4, -0.2) is 36.5 Å². The van der Waals surface area contributed by atoms with Crippen LogP contribution in [0.1, 0.15) is 24.9 Å². The molecular formula is C13H15N3O2S2. The molecule has 3 heterocycles. The molecule has 3 unspecified atom stereocenters. The number of pyridine rings is 1. The van der Waals surface area contributed by atoms with E-state index in [2.05, 4.69) is 29.0 Å². The maximum absolute atomic E-state index is 9.43. The lowest BCUT2D eigenvalue weighted by atomic mass is 10.3. The summed E-state index contributed by atoms with van der Waals surface area (Å²) in [6.07, 6.45) is 2.97. The van der Waals surface area contributed by atoms with Gasteiger partial charge in [0.15, 0.2) is 5.82 Å². The maximum Gasteiger partial charge on any atom is 0.259 e. The van der Waals surface area contributed by atoms with Crippen molar-refractivity contribution in [2.75, 3.05) is 5.75 Å². The largest absolute Gasteiger partial charge is 0.506 e. The number of hydrogen-bond donors (Lipinski definition) is 1. The number of hydrogen-bond acceptors (Lipinski definition) is 7. The molecule has 5 nitrogen and oxygen atoms in total. The van der Waals surface area contributed by atoms with Gasteiger partial charge in [-0.05, 0) is 6.07 Å². The SMILES string of the molecule is CC1SCC(c2noc(-c3cncc(O)c3)n2)SC1C. The second-order valence-corrected chi connectivity index (χ2v) is 7.75. The van der Waals surface area contributed by atoms with E-state index >= 15 is 0 Å². The number of thioether (sulfide) groups is 2. The minimum Gasteiger partial charge on any atom is -0.506 e. The van der Waals surface area contributed by atoms with Gasteiger partial charge in [0, 0.05) is 22.4 Å². The first kappa shape index (κ1) is 13.8. The van der Waals surface area contributed by atoms with Gasteiger partial charge in [0.25, 0.3) is 5.89 Å². The van der Waals surface area contributed by atoms with Crippen molar-refractivity contribution >= 4 is 23.5 Å². The molecule has 3 atom stereocenters. The van der Waals surface area contributed by atoms with E-state index in [1.54, 1.807) is 12.3 Å². The second kappa shape index (κ2) is 5.65. The molecule has 1 aliphatic heterocycles. The summed E-state index contributed by atoms with van der Waals surface area (Å²) < 4.78 is 5.29. The van der Waals surface area contributed by atoms with Gasteiger partial charge in [0.1, 0.15) is 5.75 Å². The number of nitrogens with zero attached hydrogens (tertiary/aromatic N) is 3. The van der Waals surface area contributed by atoms with E-state index in [1.807, 2.05) is 23.5 Å². The van der Waals surface area contributed by atoms with Gasteiger partial charge in [0.2, 0.25) is 0 Å². The van der Waals surface area contributed by atoms with Crippen LogP contribution in [-0.2, 0) is 0 Å². The van der Waals surface area contributed by atoms with E-state index in [0.29, 0.717) is 22.0 Å². The zero-order chi connectivity index (χ0) is 14.1. The predicted molar refractivity (Wildman–Crippen MR) is 80.9 cm³/mol. The van der Waals surface area contributed by atoms with Gasteiger partial charge in [-0.2, -0.15) is 16.7 Å². The summed E-state index contributed by atoms with van der Waals surface area (Å²) in [5.41, 5.74) is 0.638. The van der Waals surface area contributed by atoms with E-state index in [1.165, 1.54) is 6.20 Å². The van der Waals surface area contributed by atoms with Gasteiger partial charge in [-0.1, -0.05) is 19.0 Å². The van der Waals surface area contributed by atoms with Gasteiger partial charge in [-0.15, -0.1) is 11.8 Å². The number of rotatable bonds is 2. The average molecular weight is 309 g/mol. The zero-order valence-corrected chi connectivity index (χ0v) is 12.8. The summed E-state index contributed by atoms with van der Waals surface area (Å²) in [4.78, 5) is 8.36. The molecule has 0 saturated carbocycles. The minimum atomic E-state index is 0.0901. The molecule has 0 bridgehead atoms. The van der Waals surface area contributed by atoms with E-state index in [-0.39, 0.29) is 11.0 Å². The maximum atomic E-state index is 9.43. The fourth-order valence-corrected chi connectivity index (χ4v) is 4.78. The summed E-state index contributed by atoms with van der Waals surface area (Å²) in [5.74, 6) is 2.21. The van der Waals surface area contributed by atoms with E-state index < -0.39 is 0 Å². The van der Waals surface area contributed by atoms with Crippen molar-refractivity contribution in [3.63, 3.8) is 0 Å². The number of aromatic hydroxyl groups is 1. The molecule has 1 N–H and O–H groups in total. The van der Waals surface area contributed by atoms with E-state index in [0.717, 1.165) is 11.6 Å². The van der Waals surface area contributed by atoms with Crippen molar-refractivity contribution in [1.29, 1.82) is 0 Å². The fraction of sp³-hybridized carbons (Fsp3) is 0.462. The molecule has 20 heavy (non-hydrogen) atoms. The smallest absolute Gasteiger partial charge is 0.259 e. The van der Waals surface area contributed by atoms with Crippen LogP contribution in [0.15, 0.2) is 23.0 Å². The van der Waals surface area contributed by atoms with Gasteiger partial charge in [-0.25, -0.2) is 0 Å². The highest BCUT2D eigenvalue weighted by atomic mass is 32.2. The quantitative estimate of drug-likeness (QED) is 0.913. The first-order valence-corrected chi connectivity index (χ1v) is 8.37. The van der Waals surface area contributed by atoms with E-state index in [9.17, 15) is 5.11 Å². The van der Waals surface area contributed by atoms with Crippen LogP contribution in [0.3, 0.4) is 0 Å².